The van der Waals surface area contributed by atoms with Crippen molar-refractivity contribution in [3.63, 3.8) is 0 Å². The van der Waals surface area contributed by atoms with Crippen molar-refractivity contribution in [3.8, 4) is 11.5 Å². The van der Waals surface area contributed by atoms with Crippen molar-refractivity contribution in [2.45, 2.75) is 12.5 Å². The van der Waals surface area contributed by atoms with E-state index in [1.165, 1.54) is 12.1 Å². The van der Waals surface area contributed by atoms with E-state index in [-0.39, 0.29) is 30.8 Å². The molecule has 0 heterocycles. The number of hydrogen-bond donors (Lipinski definition) is 1. The van der Waals surface area contributed by atoms with Gasteiger partial charge in [-0.15, -0.1) is 0 Å². The van der Waals surface area contributed by atoms with Gasteiger partial charge in [0, 0.05) is 6.54 Å². The van der Waals surface area contributed by atoms with Gasteiger partial charge >= 0.3 is 0 Å². The van der Waals surface area contributed by atoms with Crippen LogP contribution in [-0.4, -0.2) is 45.2 Å². The van der Waals surface area contributed by atoms with Gasteiger partial charge in [0.2, 0.25) is 5.91 Å². The van der Waals surface area contributed by atoms with Crippen LogP contribution in [0.25, 0.3) is 0 Å². The van der Waals surface area contributed by atoms with E-state index in [0.29, 0.717) is 18.0 Å². The number of benzene rings is 2. The van der Waals surface area contributed by atoms with Gasteiger partial charge in [0.15, 0.2) is 11.5 Å². The zero-order valence-corrected chi connectivity index (χ0v) is 15.4. The second-order valence-corrected chi connectivity index (χ2v) is 6.09. The third kappa shape index (κ3) is 5.74. The van der Waals surface area contributed by atoms with Gasteiger partial charge in [-0.2, -0.15) is 0 Å². The maximum Gasteiger partial charge on any atom is 0.223 e. The fourth-order valence-electron chi connectivity index (χ4n) is 2.60. The number of carbonyl (C=O) groups is 1. The molecule has 2 rings (SSSR count). The molecule has 0 spiro atoms. The van der Waals surface area contributed by atoms with Crippen LogP contribution in [0.2, 0.25) is 0 Å². The predicted octanol–water partition coefficient (Wildman–Crippen LogP) is 3.02. The first kappa shape index (κ1) is 19.7. The molecule has 2 aromatic rings. The van der Waals surface area contributed by atoms with Crippen molar-refractivity contribution in [3.05, 3.63) is 59.9 Å². The number of carbonyl (C=O) groups excluding carboxylic acids is 1. The molecule has 140 valence electrons. The number of ether oxygens (including phenoxy) is 2. The molecule has 0 saturated carbocycles. The molecular formula is C20H25FN2O3. The number of nitrogens with zero attached hydrogens (tertiary/aromatic N) is 1. The normalized spacial score (nSPS) is 11.9. The van der Waals surface area contributed by atoms with Crippen LogP contribution in [0.3, 0.4) is 0 Å². The minimum absolute atomic E-state index is 0.107. The first-order valence-electron chi connectivity index (χ1n) is 8.45. The lowest BCUT2D eigenvalue weighted by atomic mass is 10.1. The summed E-state index contributed by atoms with van der Waals surface area (Å²) in [5.74, 6) is 0.828. The molecule has 0 aromatic heterocycles. The SMILES string of the molecule is COc1ccccc1OCCC(=O)NCC(c1cccc(F)c1)N(C)C. The van der Waals surface area contributed by atoms with E-state index in [1.54, 1.807) is 25.3 Å². The molecule has 0 aliphatic rings. The molecular weight excluding hydrogens is 335 g/mol. The van der Waals surface area contributed by atoms with Crippen molar-refractivity contribution in [1.82, 2.24) is 10.2 Å². The molecule has 0 aliphatic carbocycles. The summed E-state index contributed by atoms with van der Waals surface area (Å²) in [6, 6.07) is 13.6. The van der Waals surface area contributed by atoms with Crippen LogP contribution in [0.5, 0.6) is 11.5 Å². The lowest BCUT2D eigenvalue weighted by molar-refractivity contribution is -0.121. The molecule has 0 fully saturated rings. The molecule has 5 nitrogen and oxygen atoms in total. The molecule has 1 atom stereocenters. The van der Waals surface area contributed by atoms with Gasteiger partial charge in [-0.05, 0) is 43.9 Å². The smallest absolute Gasteiger partial charge is 0.223 e. The maximum absolute atomic E-state index is 13.4. The van der Waals surface area contributed by atoms with E-state index >= 15 is 0 Å². The zero-order chi connectivity index (χ0) is 18.9. The molecule has 1 N–H and O–H groups in total. The largest absolute Gasteiger partial charge is 0.493 e. The maximum atomic E-state index is 13.4. The van der Waals surface area contributed by atoms with Crippen molar-refractivity contribution in [2.75, 3.05) is 34.4 Å². The number of para-hydroxylation sites is 2. The molecule has 0 aliphatic heterocycles. The fourth-order valence-corrected chi connectivity index (χ4v) is 2.60. The van der Waals surface area contributed by atoms with Crippen LogP contribution < -0.4 is 14.8 Å². The molecule has 0 radical (unpaired) electrons. The van der Waals surface area contributed by atoms with Crippen LogP contribution in [0.15, 0.2) is 48.5 Å². The lowest BCUT2D eigenvalue weighted by Crippen LogP contribution is -2.35. The third-order valence-electron chi connectivity index (χ3n) is 4.01. The summed E-state index contributed by atoms with van der Waals surface area (Å²) in [5, 5.41) is 2.88. The molecule has 1 unspecified atom stereocenters. The minimum Gasteiger partial charge on any atom is -0.493 e. The van der Waals surface area contributed by atoms with Crippen molar-refractivity contribution in [2.24, 2.45) is 0 Å². The number of halogens is 1. The molecule has 1 amide bonds. The van der Waals surface area contributed by atoms with Crippen molar-refractivity contribution < 1.29 is 18.7 Å². The average molecular weight is 360 g/mol. The van der Waals surface area contributed by atoms with Crippen molar-refractivity contribution >= 4 is 5.91 Å². The monoisotopic (exact) mass is 360 g/mol. The number of nitrogens with one attached hydrogen (secondary N) is 1. The highest BCUT2D eigenvalue weighted by molar-refractivity contribution is 5.76. The standard InChI is InChI=1S/C20H25FN2O3/c1-23(2)17(15-7-6-8-16(21)13-15)14-22-20(24)11-12-26-19-10-5-4-9-18(19)25-3/h4-10,13,17H,11-12,14H2,1-3H3,(H,22,24). The Balaban J connectivity index is 1.83. The van der Waals surface area contributed by atoms with Gasteiger partial charge in [-0.1, -0.05) is 24.3 Å². The highest BCUT2D eigenvalue weighted by atomic mass is 19.1. The first-order valence-corrected chi connectivity index (χ1v) is 8.45. The Morgan fingerprint density at radius 1 is 1.15 bits per heavy atom. The third-order valence-corrected chi connectivity index (χ3v) is 4.01. The Kier molecular flexibility index (Phi) is 7.41. The summed E-state index contributed by atoms with van der Waals surface area (Å²) in [6.07, 6.45) is 0.224. The van der Waals surface area contributed by atoms with Crippen LogP contribution in [-0.2, 0) is 4.79 Å². The Morgan fingerprint density at radius 3 is 2.54 bits per heavy atom. The Morgan fingerprint density at radius 2 is 1.88 bits per heavy atom. The van der Waals surface area contributed by atoms with E-state index < -0.39 is 0 Å². The zero-order valence-electron chi connectivity index (χ0n) is 15.4. The summed E-state index contributed by atoms with van der Waals surface area (Å²) in [7, 11) is 5.36. The molecule has 6 heteroatoms. The summed E-state index contributed by atoms with van der Waals surface area (Å²) >= 11 is 0. The topological polar surface area (TPSA) is 50.8 Å². The Hall–Kier alpha value is -2.60. The summed E-state index contributed by atoms with van der Waals surface area (Å²) < 4.78 is 24.3. The highest BCUT2D eigenvalue weighted by Crippen LogP contribution is 2.25. The van der Waals surface area contributed by atoms with E-state index in [9.17, 15) is 9.18 Å². The highest BCUT2D eigenvalue weighted by Gasteiger charge is 2.16. The number of rotatable bonds is 9. The average Bonchev–Trinajstić information content (AvgIpc) is 2.62. The van der Waals surface area contributed by atoms with Crippen LogP contribution in [0.4, 0.5) is 4.39 Å². The van der Waals surface area contributed by atoms with Crippen molar-refractivity contribution in [1.29, 1.82) is 0 Å². The van der Waals surface area contributed by atoms with E-state index in [0.717, 1.165) is 5.56 Å². The van der Waals surface area contributed by atoms with Crippen LogP contribution in [0, 0.1) is 5.82 Å². The number of methoxy groups -OCH3 is 1. The lowest BCUT2D eigenvalue weighted by Gasteiger charge is -2.25. The second kappa shape index (κ2) is 9.77. The van der Waals surface area contributed by atoms with Crippen LogP contribution >= 0.6 is 0 Å². The van der Waals surface area contributed by atoms with E-state index in [4.69, 9.17) is 9.47 Å². The number of hydrogen-bond acceptors (Lipinski definition) is 4. The quantitative estimate of drug-likeness (QED) is 0.747. The minimum atomic E-state index is -0.286. The first-order chi connectivity index (χ1) is 12.5. The molecule has 0 bridgehead atoms. The summed E-state index contributed by atoms with van der Waals surface area (Å²) in [4.78, 5) is 14.0. The Bertz CT molecular complexity index is 722. The van der Waals surface area contributed by atoms with Gasteiger partial charge in [0.1, 0.15) is 5.82 Å². The van der Waals surface area contributed by atoms with E-state index in [2.05, 4.69) is 5.32 Å². The predicted molar refractivity (Wildman–Crippen MR) is 98.9 cm³/mol. The summed E-state index contributed by atoms with van der Waals surface area (Å²) in [5.41, 5.74) is 0.820. The van der Waals surface area contributed by atoms with Gasteiger partial charge in [-0.25, -0.2) is 4.39 Å². The Labute approximate surface area is 153 Å². The number of amides is 1. The molecule has 2 aromatic carbocycles. The fraction of sp³-hybridized carbons (Fsp3) is 0.350. The molecule has 0 saturated heterocycles. The van der Waals surface area contributed by atoms with E-state index in [1.807, 2.05) is 37.2 Å². The van der Waals surface area contributed by atoms with Gasteiger partial charge in [-0.3, -0.25) is 4.79 Å². The summed E-state index contributed by atoms with van der Waals surface area (Å²) in [6.45, 7) is 0.642. The van der Waals surface area contributed by atoms with Gasteiger partial charge in [0.25, 0.3) is 0 Å². The molecule has 26 heavy (non-hydrogen) atoms. The van der Waals surface area contributed by atoms with Crippen LogP contribution in [0.1, 0.15) is 18.0 Å². The van der Waals surface area contributed by atoms with Gasteiger partial charge < -0.3 is 19.7 Å². The number of likely N-dealkylation sites (N-methyl/N-ethyl adjacent to an activating group) is 1. The van der Waals surface area contributed by atoms with Gasteiger partial charge in [0.05, 0.1) is 26.2 Å². The second-order valence-electron chi connectivity index (χ2n) is 6.09.